The Morgan fingerprint density at radius 2 is 1.89 bits per heavy atom. The van der Waals surface area contributed by atoms with Crippen molar-refractivity contribution in [2.45, 2.75) is 45.4 Å². The Morgan fingerprint density at radius 3 is 2.68 bits per heavy atom. The average Bonchev–Trinajstić information content (AvgIpc) is 3.21. The molecule has 1 N–H and O–H groups in total. The summed E-state index contributed by atoms with van der Waals surface area (Å²) in [6.45, 7) is 9.31. The molecule has 9 heteroatoms. The molecule has 3 aliphatic carbocycles. The van der Waals surface area contributed by atoms with Gasteiger partial charge in [-0.25, -0.2) is 4.79 Å². The van der Waals surface area contributed by atoms with E-state index in [4.69, 9.17) is 4.74 Å². The molecule has 6 nitrogen and oxygen atoms in total. The lowest BCUT2D eigenvalue weighted by molar-refractivity contribution is -0.129. The highest BCUT2D eigenvalue weighted by atomic mass is 35.5. The molecule has 0 aromatic heterocycles. The molecule has 6 aliphatic rings. The molecule has 0 aromatic rings. The predicted octanol–water partition coefficient (Wildman–Crippen LogP) is 5.63. The quantitative estimate of drug-likeness (QED) is 0.455. The number of ether oxygens (including phenoxy) is 1. The molecule has 0 radical (unpaired) electrons. The van der Waals surface area contributed by atoms with E-state index in [1.165, 1.54) is 82.2 Å². The number of carboxylic acids is 1. The molecular formula is C29H39Cl2N3O3S. The zero-order chi connectivity index (χ0) is 24.6. The monoisotopic (exact) mass is 579 g/mol. The first-order valence-corrected chi connectivity index (χ1v) is 14.5. The van der Waals surface area contributed by atoms with Crippen molar-refractivity contribution in [3.05, 3.63) is 56.7 Å². The van der Waals surface area contributed by atoms with Gasteiger partial charge in [0, 0.05) is 56.4 Å². The van der Waals surface area contributed by atoms with Gasteiger partial charge in [0.25, 0.3) is 0 Å². The number of nitrogens with zero attached hydrogens (tertiary/aromatic N) is 3. The van der Waals surface area contributed by atoms with Crippen LogP contribution in [0.2, 0.25) is 0 Å². The van der Waals surface area contributed by atoms with Gasteiger partial charge in [0.1, 0.15) is 0 Å². The van der Waals surface area contributed by atoms with Crippen LogP contribution in [0.4, 0.5) is 0 Å². The average molecular weight is 581 g/mol. The maximum absolute atomic E-state index is 12.0. The lowest BCUT2D eigenvalue weighted by Gasteiger charge is -2.28. The third-order valence-corrected chi connectivity index (χ3v) is 9.76. The molecule has 0 amide bonds. The number of aliphatic carboxylic acids is 1. The molecule has 0 aromatic carbocycles. The van der Waals surface area contributed by atoms with E-state index in [0.29, 0.717) is 18.4 Å². The van der Waals surface area contributed by atoms with Gasteiger partial charge in [-0.2, -0.15) is 0 Å². The van der Waals surface area contributed by atoms with Crippen molar-refractivity contribution >= 4 is 47.6 Å². The topological polar surface area (TPSA) is 65.4 Å². The van der Waals surface area contributed by atoms with E-state index in [1.54, 1.807) is 0 Å². The van der Waals surface area contributed by atoms with Crippen LogP contribution >= 0.6 is 36.6 Å². The summed E-state index contributed by atoms with van der Waals surface area (Å²) in [5.74, 6) is -0.0293. The Balaban J connectivity index is 0.00000168. The molecule has 3 heterocycles. The van der Waals surface area contributed by atoms with Gasteiger partial charge in [0.05, 0.1) is 13.2 Å². The van der Waals surface area contributed by atoms with E-state index in [2.05, 4.69) is 40.1 Å². The molecule has 1 unspecified atom stereocenters. The van der Waals surface area contributed by atoms with Crippen LogP contribution in [0.5, 0.6) is 0 Å². The Morgan fingerprint density at radius 1 is 1.08 bits per heavy atom. The molecule has 0 spiro atoms. The standard InChI is InChI=1S/C29H37N3O3S.2ClH/c1-19-8-9-22-24(19)23-18-32(12-11-31-10-5-14-35-15-13-31)17-21-16-30-28(29(33)34)36-27(21)26(23)25(22)20-6-3-2-4-7-20;;/h8-9,18,20,24H,2-7,10-17H2,1H3,(H,33,34);2*1H. The fraction of sp³-hybridized carbons (Fsp3) is 0.586. The SMILES string of the molecule is CC1=CC=C2C(C3CCCCC3)=C3C(=CN(CCN4CCCOCC4)CC4=C3SC(C(=O)O)=NC4)C12.Cl.Cl. The number of hydrogen-bond donors (Lipinski definition) is 1. The number of carbonyl (C=O) groups is 1. The number of rotatable bonds is 5. The highest BCUT2D eigenvalue weighted by molar-refractivity contribution is 8.19. The second-order valence-corrected chi connectivity index (χ2v) is 11.9. The second-order valence-electron chi connectivity index (χ2n) is 10.9. The zero-order valence-electron chi connectivity index (χ0n) is 22.1. The van der Waals surface area contributed by atoms with E-state index in [-0.39, 0.29) is 29.9 Å². The maximum atomic E-state index is 12.0. The van der Waals surface area contributed by atoms with Crippen LogP contribution in [0, 0.1) is 11.8 Å². The van der Waals surface area contributed by atoms with Crippen molar-refractivity contribution in [1.82, 2.24) is 9.80 Å². The van der Waals surface area contributed by atoms with Crippen molar-refractivity contribution in [3.63, 3.8) is 0 Å². The van der Waals surface area contributed by atoms with Crippen LogP contribution in [0.3, 0.4) is 0 Å². The van der Waals surface area contributed by atoms with Gasteiger partial charge in [-0.3, -0.25) is 9.89 Å². The minimum atomic E-state index is -0.908. The Bertz CT molecular complexity index is 1130. The molecule has 208 valence electrons. The van der Waals surface area contributed by atoms with Crippen LogP contribution in [-0.4, -0.2) is 78.4 Å². The van der Waals surface area contributed by atoms with E-state index >= 15 is 0 Å². The van der Waals surface area contributed by atoms with Crippen molar-refractivity contribution in [2.24, 2.45) is 16.8 Å². The maximum Gasteiger partial charge on any atom is 0.361 e. The molecule has 6 rings (SSSR count). The third-order valence-electron chi connectivity index (χ3n) is 8.56. The van der Waals surface area contributed by atoms with Crippen molar-refractivity contribution in [1.29, 1.82) is 0 Å². The number of carboxylic acid groups (broad SMARTS) is 1. The minimum Gasteiger partial charge on any atom is -0.476 e. The van der Waals surface area contributed by atoms with E-state index < -0.39 is 5.97 Å². The molecule has 3 aliphatic heterocycles. The van der Waals surface area contributed by atoms with Crippen LogP contribution in [-0.2, 0) is 9.53 Å². The predicted molar refractivity (Wildman–Crippen MR) is 160 cm³/mol. The van der Waals surface area contributed by atoms with Crippen molar-refractivity contribution in [2.75, 3.05) is 52.5 Å². The molecule has 2 fully saturated rings. The summed E-state index contributed by atoms with van der Waals surface area (Å²) in [4.78, 5) is 22.6. The molecule has 1 saturated carbocycles. The summed E-state index contributed by atoms with van der Waals surface area (Å²) in [7, 11) is 0. The highest BCUT2D eigenvalue weighted by Crippen LogP contribution is 2.57. The number of aliphatic imine (C=N–C) groups is 1. The van der Waals surface area contributed by atoms with Gasteiger partial charge < -0.3 is 14.7 Å². The number of allylic oxidation sites excluding steroid dienone is 7. The van der Waals surface area contributed by atoms with Gasteiger partial charge in [0.15, 0.2) is 5.04 Å². The fourth-order valence-electron chi connectivity index (χ4n) is 6.81. The number of halogens is 2. The van der Waals surface area contributed by atoms with E-state index in [1.807, 2.05) is 0 Å². The van der Waals surface area contributed by atoms with Gasteiger partial charge in [-0.15, -0.1) is 24.8 Å². The van der Waals surface area contributed by atoms with Crippen LogP contribution in [0.1, 0.15) is 45.4 Å². The summed E-state index contributed by atoms with van der Waals surface area (Å²) >= 11 is 1.40. The highest BCUT2D eigenvalue weighted by Gasteiger charge is 2.44. The van der Waals surface area contributed by atoms with Gasteiger partial charge in [-0.1, -0.05) is 48.7 Å². The molecule has 38 heavy (non-hydrogen) atoms. The van der Waals surface area contributed by atoms with Gasteiger partial charge in [0.2, 0.25) is 0 Å². The summed E-state index contributed by atoms with van der Waals surface area (Å²) < 4.78 is 5.66. The van der Waals surface area contributed by atoms with Crippen molar-refractivity contribution in [3.8, 4) is 0 Å². The van der Waals surface area contributed by atoms with E-state index in [0.717, 1.165) is 52.4 Å². The van der Waals surface area contributed by atoms with Crippen LogP contribution in [0.15, 0.2) is 61.7 Å². The first-order valence-electron chi connectivity index (χ1n) is 13.7. The zero-order valence-corrected chi connectivity index (χ0v) is 24.6. The number of hydrogen-bond acceptors (Lipinski definition) is 6. The first kappa shape index (κ1) is 29.5. The van der Waals surface area contributed by atoms with Gasteiger partial charge >= 0.3 is 5.97 Å². The first-order chi connectivity index (χ1) is 17.6. The summed E-state index contributed by atoms with van der Waals surface area (Å²) in [5, 5.41) is 10.0. The number of thioether (sulfide) groups is 1. The third kappa shape index (κ3) is 5.68. The molecular weight excluding hydrogens is 541 g/mol. The largest absolute Gasteiger partial charge is 0.476 e. The fourth-order valence-corrected chi connectivity index (χ4v) is 7.82. The normalized spacial score (nSPS) is 26.0. The Hall–Kier alpha value is -1.51. The summed E-state index contributed by atoms with van der Waals surface area (Å²) in [6, 6.07) is 0. The summed E-state index contributed by atoms with van der Waals surface area (Å²) in [6.07, 6.45) is 14.6. The molecule has 1 atom stereocenters. The Kier molecular flexibility index (Phi) is 9.91. The van der Waals surface area contributed by atoms with Crippen LogP contribution < -0.4 is 0 Å². The lowest BCUT2D eigenvalue weighted by Crippen LogP contribution is -2.35. The van der Waals surface area contributed by atoms with E-state index in [9.17, 15) is 9.90 Å². The lowest BCUT2D eigenvalue weighted by atomic mass is 9.80. The number of fused-ring (bicyclic) bond motifs is 4. The summed E-state index contributed by atoms with van der Waals surface area (Å²) in [5.41, 5.74) is 8.40. The molecule has 1 saturated heterocycles. The Labute approximate surface area is 242 Å². The second kappa shape index (κ2) is 12.8. The smallest absolute Gasteiger partial charge is 0.361 e. The minimum absolute atomic E-state index is 0. The molecule has 0 bridgehead atoms. The van der Waals surface area contributed by atoms with Gasteiger partial charge in [-0.05, 0) is 60.0 Å². The van der Waals surface area contributed by atoms with Crippen molar-refractivity contribution < 1.29 is 14.6 Å². The van der Waals surface area contributed by atoms with Crippen LogP contribution in [0.25, 0.3) is 0 Å².